The van der Waals surface area contributed by atoms with Gasteiger partial charge in [-0.15, -0.1) is 11.3 Å². The molecular weight excluding hydrogens is 466 g/mol. The molecule has 120 valence electrons. The summed E-state index contributed by atoms with van der Waals surface area (Å²) in [5, 5.41) is 4.19. The number of nitrogens with zero attached hydrogens (tertiary/aromatic N) is 2. The summed E-state index contributed by atoms with van der Waals surface area (Å²) in [6.07, 6.45) is 3.17. The van der Waals surface area contributed by atoms with Crippen molar-refractivity contribution < 1.29 is 8.42 Å². The van der Waals surface area contributed by atoms with Crippen molar-refractivity contribution in [2.24, 2.45) is 0 Å². The average Bonchev–Trinajstić information content (AvgIpc) is 3.11. The van der Waals surface area contributed by atoms with E-state index in [2.05, 4.69) is 41.7 Å². The summed E-state index contributed by atoms with van der Waals surface area (Å²) in [4.78, 5) is 0. The highest BCUT2D eigenvalue weighted by atomic mass is 79.9. The molecule has 0 saturated heterocycles. The number of anilines is 1. The van der Waals surface area contributed by atoms with E-state index in [1.54, 1.807) is 23.0 Å². The number of aromatic nitrogens is 2. The number of benzene rings is 1. The minimum absolute atomic E-state index is 0.255. The Labute approximate surface area is 154 Å². The zero-order chi connectivity index (χ0) is 16.4. The summed E-state index contributed by atoms with van der Waals surface area (Å²) < 4.78 is 30.8. The Balaban J connectivity index is 1.73. The van der Waals surface area contributed by atoms with Gasteiger partial charge in [0.2, 0.25) is 0 Å². The smallest absolute Gasteiger partial charge is 0.271 e. The van der Waals surface area contributed by atoms with Crippen LogP contribution in [-0.4, -0.2) is 18.2 Å². The molecule has 2 aromatic heterocycles. The Hall–Kier alpha value is -1.16. The minimum atomic E-state index is -3.58. The molecule has 3 aromatic rings. The largest absolute Gasteiger partial charge is 0.276 e. The molecule has 1 aromatic carbocycles. The molecule has 2 heterocycles. The van der Waals surface area contributed by atoms with Crippen LogP contribution >= 0.6 is 43.2 Å². The van der Waals surface area contributed by atoms with Crippen LogP contribution in [0.25, 0.3) is 0 Å². The van der Waals surface area contributed by atoms with Crippen molar-refractivity contribution in [1.29, 1.82) is 0 Å². The molecule has 23 heavy (non-hydrogen) atoms. The Morgan fingerprint density at radius 1 is 1.13 bits per heavy atom. The molecule has 1 N–H and O–H groups in total. The third-order valence-corrected chi connectivity index (χ3v) is 6.98. The van der Waals surface area contributed by atoms with Crippen LogP contribution in [0, 0.1) is 0 Å². The number of halogens is 2. The molecule has 0 fully saturated rings. The van der Waals surface area contributed by atoms with E-state index in [9.17, 15) is 8.42 Å². The van der Waals surface area contributed by atoms with Crippen molar-refractivity contribution >= 4 is 58.9 Å². The van der Waals surface area contributed by atoms with E-state index in [1.165, 1.54) is 6.20 Å². The maximum Gasteiger partial charge on any atom is 0.271 e. The van der Waals surface area contributed by atoms with E-state index in [4.69, 9.17) is 0 Å². The van der Waals surface area contributed by atoms with Crippen LogP contribution in [0.1, 0.15) is 5.56 Å². The van der Waals surface area contributed by atoms with Crippen LogP contribution in [0.2, 0.25) is 0 Å². The Kier molecular flexibility index (Phi) is 4.90. The standard InChI is InChI=1S/C14H11Br2N3O2S2/c15-11-3-1-10(2-4-11)8-19-9-12(7-17-19)18-23(20,21)14-6-5-13(16)22-14/h1-7,9,18H,8H2. The topological polar surface area (TPSA) is 64.0 Å². The van der Waals surface area contributed by atoms with Crippen LogP contribution in [0.4, 0.5) is 5.69 Å². The SMILES string of the molecule is O=S(=O)(Nc1cnn(Cc2ccc(Br)cc2)c1)c1ccc(Br)s1. The maximum atomic E-state index is 12.3. The van der Waals surface area contributed by atoms with Gasteiger partial charge in [0.25, 0.3) is 10.0 Å². The summed E-state index contributed by atoms with van der Waals surface area (Å²) >= 11 is 7.81. The average molecular weight is 477 g/mol. The van der Waals surface area contributed by atoms with E-state index < -0.39 is 10.0 Å². The minimum Gasteiger partial charge on any atom is -0.276 e. The Morgan fingerprint density at radius 3 is 2.52 bits per heavy atom. The number of nitrogens with one attached hydrogen (secondary N) is 1. The van der Waals surface area contributed by atoms with Crippen molar-refractivity contribution in [2.75, 3.05) is 4.72 Å². The zero-order valence-electron chi connectivity index (χ0n) is 11.6. The second-order valence-corrected chi connectivity index (χ2v) is 10.0. The third kappa shape index (κ3) is 4.23. The fraction of sp³-hybridized carbons (Fsp3) is 0.0714. The first kappa shape index (κ1) is 16.7. The molecule has 3 rings (SSSR count). The lowest BCUT2D eigenvalue weighted by molar-refractivity contribution is 0.603. The normalized spacial score (nSPS) is 11.6. The first-order valence-electron chi connectivity index (χ1n) is 6.47. The molecule has 0 atom stereocenters. The lowest BCUT2D eigenvalue weighted by Gasteiger charge is -2.03. The Bertz CT molecular complexity index is 918. The van der Waals surface area contributed by atoms with E-state index >= 15 is 0 Å². The van der Waals surface area contributed by atoms with Gasteiger partial charge >= 0.3 is 0 Å². The molecule has 0 aliphatic rings. The van der Waals surface area contributed by atoms with Crippen LogP contribution in [0.5, 0.6) is 0 Å². The molecular formula is C14H11Br2N3O2S2. The number of sulfonamides is 1. The molecule has 0 amide bonds. The number of rotatable bonds is 5. The molecule has 9 heteroatoms. The van der Waals surface area contributed by atoms with Gasteiger partial charge in [-0.05, 0) is 45.8 Å². The second-order valence-electron chi connectivity index (χ2n) is 4.72. The highest BCUT2D eigenvalue weighted by Crippen LogP contribution is 2.27. The van der Waals surface area contributed by atoms with Crippen LogP contribution in [-0.2, 0) is 16.6 Å². The first-order chi connectivity index (χ1) is 10.9. The third-order valence-electron chi connectivity index (χ3n) is 2.96. The second kappa shape index (κ2) is 6.76. The molecule has 0 spiro atoms. The predicted octanol–water partition coefficient (Wildman–Crippen LogP) is 4.32. The number of hydrogen-bond acceptors (Lipinski definition) is 4. The van der Waals surface area contributed by atoms with Crippen molar-refractivity contribution in [3.8, 4) is 0 Å². The molecule has 0 saturated carbocycles. The fourth-order valence-corrected chi connectivity index (χ4v) is 5.23. The number of hydrogen-bond donors (Lipinski definition) is 1. The molecule has 0 bridgehead atoms. The molecule has 0 radical (unpaired) electrons. The van der Waals surface area contributed by atoms with Gasteiger partial charge in [0, 0.05) is 10.7 Å². The number of thiophene rings is 1. The van der Waals surface area contributed by atoms with E-state index in [0.29, 0.717) is 12.2 Å². The first-order valence-corrected chi connectivity index (χ1v) is 10.4. The van der Waals surface area contributed by atoms with E-state index in [-0.39, 0.29) is 4.21 Å². The molecule has 0 unspecified atom stereocenters. The van der Waals surface area contributed by atoms with Crippen LogP contribution in [0.15, 0.2) is 61.3 Å². The fourth-order valence-electron chi connectivity index (χ4n) is 1.93. The maximum absolute atomic E-state index is 12.3. The van der Waals surface area contributed by atoms with Gasteiger partial charge in [0.05, 0.1) is 22.2 Å². The van der Waals surface area contributed by atoms with E-state index in [0.717, 1.165) is 25.2 Å². The van der Waals surface area contributed by atoms with Gasteiger partial charge < -0.3 is 0 Å². The van der Waals surface area contributed by atoms with E-state index in [1.807, 2.05) is 24.3 Å². The molecule has 0 aliphatic heterocycles. The van der Waals surface area contributed by atoms with Gasteiger partial charge in [-0.1, -0.05) is 28.1 Å². The highest BCUT2D eigenvalue weighted by molar-refractivity contribution is 9.11. The summed E-state index contributed by atoms with van der Waals surface area (Å²) in [6.45, 7) is 0.569. The van der Waals surface area contributed by atoms with Gasteiger partial charge in [0.15, 0.2) is 0 Å². The van der Waals surface area contributed by atoms with Crippen molar-refractivity contribution in [3.05, 3.63) is 62.6 Å². The summed E-state index contributed by atoms with van der Waals surface area (Å²) in [7, 11) is -3.58. The Morgan fingerprint density at radius 2 is 1.87 bits per heavy atom. The summed E-state index contributed by atoms with van der Waals surface area (Å²) in [5.41, 5.74) is 1.51. The zero-order valence-corrected chi connectivity index (χ0v) is 16.4. The lowest BCUT2D eigenvalue weighted by Crippen LogP contribution is -2.10. The van der Waals surface area contributed by atoms with Crippen LogP contribution in [0.3, 0.4) is 0 Å². The van der Waals surface area contributed by atoms with Gasteiger partial charge in [-0.25, -0.2) is 8.42 Å². The quantitative estimate of drug-likeness (QED) is 0.596. The van der Waals surface area contributed by atoms with Crippen LogP contribution < -0.4 is 4.72 Å². The van der Waals surface area contributed by atoms with Crippen molar-refractivity contribution in [2.45, 2.75) is 10.8 Å². The monoisotopic (exact) mass is 475 g/mol. The van der Waals surface area contributed by atoms with Gasteiger partial charge in [-0.2, -0.15) is 5.10 Å². The van der Waals surface area contributed by atoms with Gasteiger partial charge in [-0.3, -0.25) is 9.40 Å². The summed E-state index contributed by atoms with van der Waals surface area (Å²) in [5.74, 6) is 0. The highest BCUT2D eigenvalue weighted by Gasteiger charge is 2.17. The van der Waals surface area contributed by atoms with Gasteiger partial charge in [0.1, 0.15) is 4.21 Å². The van der Waals surface area contributed by atoms with Crippen molar-refractivity contribution in [1.82, 2.24) is 9.78 Å². The van der Waals surface area contributed by atoms with Crippen molar-refractivity contribution in [3.63, 3.8) is 0 Å². The molecule has 5 nitrogen and oxygen atoms in total. The predicted molar refractivity (Wildman–Crippen MR) is 98.3 cm³/mol. The summed E-state index contributed by atoms with van der Waals surface area (Å²) in [6, 6.07) is 11.1. The molecule has 0 aliphatic carbocycles. The lowest BCUT2D eigenvalue weighted by atomic mass is 10.2.